The standard InChI is InChI=1S/C28H36N4O3/c33-25(12-11-23-27(34)32(28(35)29-23)17-19-7-2-1-3-8-19)31-14-6-9-20-15-21-16-22(26(20)31)18-30-13-5-4-10-24(21)30/h1-3,7-8,15,21-24,26H,4-6,9-14,16-18H2,(H,29,35)/t21-,22+,23-,24-,26-/m1/s1. The maximum Gasteiger partial charge on any atom is 0.325 e. The van der Waals surface area contributed by atoms with Gasteiger partial charge in [0.15, 0.2) is 0 Å². The molecule has 7 heteroatoms. The normalized spacial score (nSPS) is 32.6. The van der Waals surface area contributed by atoms with E-state index in [-0.39, 0.29) is 30.4 Å². The molecular formula is C28H36N4O3. The van der Waals surface area contributed by atoms with Crippen molar-refractivity contribution in [3.05, 3.63) is 47.5 Å². The lowest BCUT2D eigenvalue weighted by atomic mass is 9.68. The average molecular weight is 477 g/mol. The SMILES string of the molecule is O=C1N[C@H](CCC(=O)N2CCCC3=C[C@@H]4C[C@@H](CN5CCCC[C@H]45)[C@@H]32)C(=O)N1Cc1ccccc1. The van der Waals surface area contributed by atoms with Crippen LogP contribution in [0.4, 0.5) is 4.79 Å². The zero-order chi connectivity index (χ0) is 23.9. The highest BCUT2D eigenvalue weighted by Gasteiger charge is 2.47. The minimum atomic E-state index is -0.616. The molecule has 7 nitrogen and oxygen atoms in total. The number of likely N-dealkylation sites (tertiary alicyclic amines) is 1. The van der Waals surface area contributed by atoms with E-state index in [0.29, 0.717) is 30.7 Å². The Balaban J connectivity index is 1.10. The van der Waals surface area contributed by atoms with Crippen LogP contribution in [0.1, 0.15) is 56.9 Å². The van der Waals surface area contributed by atoms with Crippen molar-refractivity contribution >= 4 is 17.8 Å². The van der Waals surface area contributed by atoms with E-state index >= 15 is 0 Å². The summed E-state index contributed by atoms with van der Waals surface area (Å²) in [7, 11) is 0. The van der Waals surface area contributed by atoms with Crippen LogP contribution in [-0.4, -0.2) is 70.3 Å². The van der Waals surface area contributed by atoms with Gasteiger partial charge in [0, 0.05) is 25.6 Å². The first-order valence-corrected chi connectivity index (χ1v) is 13.5. The molecule has 5 aliphatic rings. The van der Waals surface area contributed by atoms with Crippen molar-refractivity contribution < 1.29 is 14.4 Å². The number of piperidine rings is 3. The fourth-order valence-corrected chi connectivity index (χ4v) is 7.35. The Hall–Kier alpha value is -2.67. The van der Waals surface area contributed by atoms with Gasteiger partial charge in [-0.25, -0.2) is 4.79 Å². The smallest absolute Gasteiger partial charge is 0.325 e. The summed E-state index contributed by atoms with van der Waals surface area (Å²) in [4.78, 5) is 44.9. The summed E-state index contributed by atoms with van der Waals surface area (Å²) in [5.74, 6) is 1.07. The van der Waals surface area contributed by atoms with E-state index in [2.05, 4.69) is 21.2 Å². The molecule has 0 saturated carbocycles. The molecule has 0 spiro atoms. The highest BCUT2D eigenvalue weighted by molar-refractivity contribution is 6.04. The van der Waals surface area contributed by atoms with Gasteiger partial charge in [-0.05, 0) is 62.5 Å². The van der Waals surface area contributed by atoms with Gasteiger partial charge in [-0.2, -0.15) is 0 Å². The Kier molecular flexibility index (Phi) is 6.13. The van der Waals surface area contributed by atoms with E-state index in [1.54, 1.807) is 0 Å². The molecule has 4 aliphatic heterocycles. The molecular weight excluding hydrogens is 440 g/mol. The van der Waals surface area contributed by atoms with Gasteiger partial charge < -0.3 is 10.2 Å². The Labute approximate surface area is 207 Å². The number of nitrogens with one attached hydrogen (secondary N) is 1. The first-order valence-electron chi connectivity index (χ1n) is 13.5. The average Bonchev–Trinajstić information content (AvgIpc) is 3.15. The third-order valence-electron chi connectivity index (χ3n) is 8.91. The van der Waals surface area contributed by atoms with Gasteiger partial charge in [0.05, 0.1) is 12.6 Å². The number of carbonyl (C=O) groups is 3. The topological polar surface area (TPSA) is 73.0 Å². The fraction of sp³-hybridized carbons (Fsp3) is 0.607. The molecule has 1 aliphatic carbocycles. The predicted octanol–water partition coefficient (Wildman–Crippen LogP) is 3.31. The van der Waals surface area contributed by atoms with Crippen molar-refractivity contribution in [3.8, 4) is 0 Å². The minimum Gasteiger partial charge on any atom is -0.336 e. The summed E-state index contributed by atoms with van der Waals surface area (Å²) in [6.07, 6.45) is 10.5. The van der Waals surface area contributed by atoms with Crippen LogP contribution in [0.5, 0.6) is 0 Å². The Morgan fingerprint density at radius 2 is 1.91 bits per heavy atom. The summed E-state index contributed by atoms with van der Waals surface area (Å²) in [5, 5.41) is 2.80. The van der Waals surface area contributed by atoms with E-state index in [1.807, 2.05) is 30.3 Å². The maximum atomic E-state index is 13.5. The Bertz CT molecular complexity index is 1020. The van der Waals surface area contributed by atoms with Crippen molar-refractivity contribution in [1.82, 2.24) is 20.0 Å². The van der Waals surface area contributed by atoms with Gasteiger partial charge >= 0.3 is 6.03 Å². The fourth-order valence-electron chi connectivity index (χ4n) is 7.35. The largest absolute Gasteiger partial charge is 0.336 e. The number of imide groups is 1. The van der Waals surface area contributed by atoms with Crippen LogP contribution in [-0.2, 0) is 16.1 Å². The molecule has 1 aromatic rings. The summed E-state index contributed by atoms with van der Waals surface area (Å²) in [5.41, 5.74) is 2.40. The monoisotopic (exact) mass is 476 g/mol. The Morgan fingerprint density at radius 1 is 1.06 bits per heavy atom. The minimum absolute atomic E-state index is 0.128. The second-order valence-electron chi connectivity index (χ2n) is 11.0. The van der Waals surface area contributed by atoms with Crippen LogP contribution in [0.25, 0.3) is 0 Å². The molecule has 0 unspecified atom stereocenters. The van der Waals surface area contributed by atoms with Crippen LogP contribution in [0.15, 0.2) is 42.0 Å². The van der Waals surface area contributed by atoms with Gasteiger partial charge in [0.25, 0.3) is 5.91 Å². The van der Waals surface area contributed by atoms with Crippen molar-refractivity contribution in [2.75, 3.05) is 19.6 Å². The van der Waals surface area contributed by atoms with Gasteiger partial charge in [-0.15, -0.1) is 0 Å². The van der Waals surface area contributed by atoms with Crippen molar-refractivity contribution in [2.45, 2.75) is 76.0 Å². The van der Waals surface area contributed by atoms with Crippen molar-refractivity contribution in [2.24, 2.45) is 11.8 Å². The first-order chi connectivity index (χ1) is 17.1. The molecule has 4 saturated heterocycles. The number of benzene rings is 1. The highest BCUT2D eigenvalue weighted by atomic mass is 16.2. The second kappa shape index (κ2) is 9.41. The van der Waals surface area contributed by atoms with Crippen LogP contribution in [0.2, 0.25) is 0 Å². The number of rotatable bonds is 5. The predicted molar refractivity (Wildman–Crippen MR) is 132 cm³/mol. The summed E-state index contributed by atoms with van der Waals surface area (Å²) in [6.45, 7) is 3.37. The number of fused-ring (bicyclic) bond motifs is 6. The molecule has 5 atom stereocenters. The van der Waals surface area contributed by atoms with Crippen molar-refractivity contribution in [1.29, 1.82) is 0 Å². The highest BCUT2D eigenvalue weighted by Crippen LogP contribution is 2.45. The number of urea groups is 1. The molecule has 4 amide bonds. The molecule has 0 aromatic heterocycles. The molecule has 1 aromatic carbocycles. The molecule has 0 radical (unpaired) electrons. The number of carbonyl (C=O) groups excluding carboxylic acids is 3. The van der Waals surface area contributed by atoms with Crippen LogP contribution >= 0.6 is 0 Å². The van der Waals surface area contributed by atoms with Crippen LogP contribution in [0, 0.1) is 11.8 Å². The molecule has 186 valence electrons. The summed E-state index contributed by atoms with van der Waals surface area (Å²) in [6, 6.07) is 9.47. The number of hydrogen-bond donors (Lipinski definition) is 1. The number of nitrogens with zero attached hydrogens (tertiary/aromatic N) is 3. The molecule has 35 heavy (non-hydrogen) atoms. The maximum absolute atomic E-state index is 13.5. The summed E-state index contributed by atoms with van der Waals surface area (Å²) >= 11 is 0. The van der Waals surface area contributed by atoms with Gasteiger partial charge in [0.2, 0.25) is 5.91 Å². The third kappa shape index (κ3) is 4.28. The Morgan fingerprint density at radius 3 is 2.77 bits per heavy atom. The lowest BCUT2D eigenvalue weighted by molar-refractivity contribution is -0.136. The molecule has 2 bridgehead atoms. The van der Waals surface area contributed by atoms with Gasteiger partial charge in [0.1, 0.15) is 6.04 Å². The molecule has 6 rings (SSSR count). The van der Waals surface area contributed by atoms with Gasteiger partial charge in [-0.1, -0.05) is 48.4 Å². The second-order valence-corrected chi connectivity index (χ2v) is 11.0. The number of hydrogen-bond acceptors (Lipinski definition) is 4. The zero-order valence-electron chi connectivity index (χ0n) is 20.4. The van der Waals surface area contributed by atoms with E-state index in [1.165, 1.54) is 42.7 Å². The van der Waals surface area contributed by atoms with E-state index in [4.69, 9.17) is 0 Å². The first kappa shape index (κ1) is 22.8. The number of amides is 4. The van der Waals surface area contributed by atoms with Gasteiger partial charge in [-0.3, -0.25) is 19.4 Å². The lowest BCUT2D eigenvalue weighted by Gasteiger charge is -2.54. The lowest BCUT2D eigenvalue weighted by Crippen LogP contribution is -2.60. The molecule has 4 fully saturated rings. The zero-order valence-corrected chi connectivity index (χ0v) is 20.4. The van der Waals surface area contributed by atoms with E-state index < -0.39 is 6.04 Å². The van der Waals surface area contributed by atoms with Crippen molar-refractivity contribution in [3.63, 3.8) is 0 Å². The quantitative estimate of drug-likeness (QED) is 0.523. The summed E-state index contributed by atoms with van der Waals surface area (Å²) < 4.78 is 0. The van der Waals surface area contributed by atoms with E-state index in [9.17, 15) is 14.4 Å². The van der Waals surface area contributed by atoms with Crippen LogP contribution in [0.3, 0.4) is 0 Å². The van der Waals surface area contributed by atoms with Crippen LogP contribution < -0.4 is 5.32 Å². The third-order valence-corrected chi connectivity index (χ3v) is 8.91. The van der Waals surface area contributed by atoms with E-state index in [0.717, 1.165) is 31.5 Å². The molecule has 4 heterocycles. The molecule has 1 N–H and O–H groups in total.